The van der Waals surface area contributed by atoms with Crippen molar-refractivity contribution < 1.29 is 36.7 Å². The van der Waals surface area contributed by atoms with Crippen LogP contribution in [0.4, 0.5) is 9.59 Å². The minimum atomic E-state index is -4.88. The van der Waals surface area contributed by atoms with Crippen LogP contribution in [0.25, 0.3) is 0 Å². The lowest BCUT2D eigenvalue weighted by Crippen LogP contribution is -2.56. The first kappa shape index (κ1) is 20.2. The number of fused-ring (bicyclic) bond motifs is 2. The van der Waals surface area contributed by atoms with Crippen LogP contribution in [0.3, 0.4) is 0 Å². The standard InChI is InChI=1S/C13H22N4O8S/c1-13(2,3)7-16(12(20)21)14-10(18)9-5-4-8-6-15(9)11(19)17(8)25-26(22,23)24/h8-9H,4-7H2,1-3H3,(H,14,18)(H,20,21)(H,22,23,24)/t8-,9+/m1/s1. The summed E-state index contributed by atoms with van der Waals surface area (Å²) in [6.45, 7) is 5.46. The number of hydrazine groups is 1. The number of piperidine rings is 1. The summed E-state index contributed by atoms with van der Waals surface area (Å²) in [5.41, 5.74) is 1.87. The van der Waals surface area contributed by atoms with Gasteiger partial charge < -0.3 is 10.0 Å². The predicted molar refractivity (Wildman–Crippen MR) is 85.7 cm³/mol. The van der Waals surface area contributed by atoms with Crippen LogP contribution in [0.2, 0.25) is 0 Å². The summed E-state index contributed by atoms with van der Waals surface area (Å²) in [5, 5.41) is 10.5. The van der Waals surface area contributed by atoms with Crippen molar-refractivity contribution >= 4 is 28.4 Å². The molecule has 0 spiro atoms. The molecule has 3 N–H and O–H groups in total. The molecule has 13 heteroatoms. The zero-order valence-corrected chi connectivity index (χ0v) is 15.4. The van der Waals surface area contributed by atoms with Crippen LogP contribution in [0, 0.1) is 5.41 Å². The SMILES string of the molecule is CC(C)(C)CN(NC(=O)[C@@H]1CC[C@@H]2CN1C(=O)N2OS(=O)(=O)O)C(=O)O. The molecule has 0 saturated carbocycles. The largest absolute Gasteiger partial charge is 0.464 e. The Labute approximate surface area is 150 Å². The van der Waals surface area contributed by atoms with Crippen LogP contribution in [0.1, 0.15) is 33.6 Å². The second kappa shape index (κ2) is 6.89. The monoisotopic (exact) mass is 394 g/mol. The number of amides is 4. The zero-order chi connectivity index (χ0) is 19.9. The van der Waals surface area contributed by atoms with Crippen molar-refractivity contribution in [3.63, 3.8) is 0 Å². The highest BCUT2D eigenvalue weighted by Crippen LogP contribution is 2.30. The van der Waals surface area contributed by atoms with E-state index in [1.54, 1.807) is 20.8 Å². The summed E-state index contributed by atoms with van der Waals surface area (Å²) >= 11 is 0. The zero-order valence-electron chi connectivity index (χ0n) is 14.6. The number of hydroxylamine groups is 2. The first-order valence-electron chi connectivity index (χ1n) is 7.86. The van der Waals surface area contributed by atoms with Gasteiger partial charge in [0, 0.05) is 6.54 Å². The number of urea groups is 1. The molecule has 0 aromatic rings. The van der Waals surface area contributed by atoms with E-state index in [9.17, 15) is 27.9 Å². The lowest BCUT2D eigenvalue weighted by molar-refractivity contribution is -0.130. The van der Waals surface area contributed by atoms with E-state index >= 15 is 0 Å². The molecule has 2 saturated heterocycles. The lowest BCUT2D eigenvalue weighted by Gasteiger charge is -2.33. The maximum Gasteiger partial charge on any atom is 0.426 e. The van der Waals surface area contributed by atoms with Crippen LogP contribution in [-0.2, 0) is 19.5 Å². The van der Waals surface area contributed by atoms with Gasteiger partial charge in [-0.3, -0.25) is 14.8 Å². The van der Waals surface area contributed by atoms with E-state index in [1.165, 1.54) is 0 Å². The smallest absolute Gasteiger partial charge is 0.426 e. The summed E-state index contributed by atoms with van der Waals surface area (Å²) in [4.78, 5) is 37.2. The summed E-state index contributed by atoms with van der Waals surface area (Å²) < 4.78 is 34.8. The fourth-order valence-corrected chi connectivity index (χ4v) is 3.33. The van der Waals surface area contributed by atoms with Gasteiger partial charge in [-0.25, -0.2) is 14.6 Å². The average Bonchev–Trinajstić information content (AvgIpc) is 2.69. The maximum absolute atomic E-state index is 12.5. The Kier molecular flexibility index (Phi) is 5.35. The van der Waals surface area contributed by atoms with Crippen LogP contribution in [0.5, 0.6) is 0 Å². The van der Waals surface area contributed by atoms with Crippen molar-refractivity contribution in [2.45, 2.75) is 45.7 Å². The topological polar surface area (TPSA) is 157 Å². The highest BCUT2D eigenvalue weighted by molar-refractivity contribution is 7.80. The maximum atomic E-state index is 12.5. The molecule has 0 aromatic carbocycles. The molecule has 2 bridgehead atoms. The third kappa shape index (κ3) is 4.74. The van der Waals surface area contributed by atoms with E-state index in [0.717, 1.165) is 9.91 Å². The van der Waals surface area contributed by atoms with Gasteiger partial charge in [0.25, 0.3) is 5.91 Å². The molecule has 0 aliphatic carbocycles. The molecule has 2 aliphatic rings. The van der Waals surface area contributed by atoms with E-state index < -0.39 is 45.9 Å². The fourth-order valence-electron chi connectivity index (χ4n) is 2.94. The number of hydrogen-bond donors (Lipinski definition) is 3. The summed E-state index contributed by atoms with van der Waals surface area (Å²) in [6.07, 6.45) is -0.898. The Bertz CT molecular complexity index is 703. The summed E-state index contributed by atoms with van der Waals surface area (Å²) in [5.74, 6) is -0.697. The van der Waals surface area contributed by atoms with Gasteiger partial charge >= 0.3 is 22.5 Å². The minimum absolute atomic E-state index is 0.0266. The number of carboxylic acid groups (broad SMARTS) is 1. The van der Waals surface area contributed by atoms with Crippen LogP contribution < -0.4 is 5.43 Å². The van der Waals surface area contributed by atoms with Crippen molar-refractivity contribution in [3.05, 3.63) is 0 Å². The van der Waals surface area contributed by atoms with E-state index in [4.69, 9.17) is 4.55 Å². The van der Waals surface area contributed by atoms with Crippen LogP contribution in [0.15, 0.2) is 0 Å². The number of nitrogens with one attached hydrogen (secondary N) is 1. The molecular formula is C13H22N4O8S. The molecule has 26 heavy (non-hydrogen) atoms. The molecule has 12 nitrogen and oxygen atoms in total. The van der Waals surface area contributed by atoms with Gasteiger partial charge in [0.2, 0.25) is 0 Å². The molecule has 2 atom stereocenters. The number of carbonyl (C=O) groups excluding carboxylic acids is 2. The first-order valence-corrected chi connectivity index (χ1v) is 9.23. The van der Waals surface area contributed by atoms with Crippen LogP contribution in [-0.4, -0.2) is 76.3 Å². The molecule has 0 radical (unpaired) electrons. The van der Waals surface area contributed by atoms with Gasteiger partial charge in [-0.1, -0.05) is 20.8 Å². The Morgan fingerprint density at radius 3 is 2.46 bits per heavy atom. The third-order valence-corrected chi connectivity index (χ3v) is 4.26. The van der Waals surface area contributed by atoms with Gasteiger partial charge in [-0.05, 0) is 18.3 Å². The highest BCUT2D eigenvalue weighted by Gasteiger charge is 2.49. The van der Waals surface area contributed by atoms with Crippen molar-refractivity contribution in [2.24, 2.45) is 5.41 Å². The van der Waals surface area contributed by atoms with Crippen molar-refractivity contribution in [2.75, 3.05) is 13.1 Å². The molecule has 2 fully saturated rings. The number of carbonyl (C=O) groups is 3. The Morgan fingerprint density at radius 2 is 1.96 bits per heavy atom. The Balaban J connectivity index is 2.09. The summed E-state index contributed by atoms with van der Waals surface area (Å²) in [6, 6.07) is -2.49. The van der Waals surface area contributed by atoms with E-state index in [1.807, 2.05) is 0 Å². The van der Waals surface area contributed by atoms with Crippen molar-refractivity contribution in [3.8, 4) is 0 Å². The Hall–Kier alpha value is -2.12. The molecule has 0 aromatic heterocycles. The first-order chi connectivity index (χ1) is 11.8. The Morgan fingerprint density at radius 1 is 1.35 bits per heavy atom. The van der Waals surface area contributed by atoms with Crippen molar-refractivity contribution in [1.82, 2.24) is 20.4 Å². The quantitative estimate of drug-likeness (QED) is 0.446. The molecule has 2 rings (SSSR count). The van der Waals surface area contributed by atoms with E-state index in [2.05, 4.69) is 9.71 Å². The van der Waals surface area contributed by atoms with Gasteiger partial charge in [-0.2, -0.15) is 13.5 Å². The van der Waals surface area contributed by atoms with Gasteiger partial charge in [-0.15, -0.1) is 4.28 Å². The normalized spacial score (nSPS) is 23.2. The molecule has 148 valence electrons. The molecule has 4 amide bonds. The number of rotatable bonds is 4. The predicted octanol–water partition coefficient (Wildman–Crippen LogP) is 0.0467. The van der Waals surface area contributed by atoms with Gasteiger partial charge in [0.05, 0.1) is 12.6 Å². The number of nitrogens with zero attached hydrogens (tertiary/aromatic N) is 3. The van der Waals surface area contributed by atoms with E-state index in [-0.39, 0.29) is 25.9 Å². The highest BCUT2D eigenvalue weighted by atomic mass is 32.3. The van der Waals surface area contributed by atoms with Crippen LogP contribution >= 0.6 is 0 Å². The molecule has 2 heterocycles. The molecule has 2 aliphatic heterocycles. The minimum Gasteiger partial charge on any atom is -0.464 e. The van der Waals surface area contributed by atoms with Gasteiger partial charge in [0.15, 0.2) is 0 Å². The average molecular weight is 394 g/mol. The summed E-state index contributed by atoms with van der Waals surface area (Å²) in [7, 11) is -4.88. The van der Waals surface area contributed by atoms with Gasteiger partial charge in [0.1, 0.15) is 6.04 Å². The fraction of sp³-hybridized carbons (Fsp3) is 0.769. The van der Waals surface area contributed by atoms with E-state index in [0.29, 0.717) is 5.06 Å². The molecule has 0 unspecified atom stereocenters. The number of hydrogen-bond acceptors (Lipinski definition) is 6. The second-order valence-electron chi connectivity index (χ2n) is 7.42. The molecular weight excluding hydrogens is 372 g/mol. The third-order valence-electron chi connectivity index (χ3n) is 3.91. The van der Waals surface area contributed by atoms with Crippen molar-refractivity contribution in [1.29, 1.82) is 0 Å². The lowest BCUT2D eigenvalue weighted by atomic mass is 9.97. The second-order valence-corrected chi connectivity index (χ2v) is 8.42.